The van der Waals surface area contributed by atoms with Gasteiger partial charge in [-0.15, -0.1) is 0 Å². The fraction of sp³-hybridized carbons (Fsp3) is 0.346. The Labute approximate surface area is 225 Å². The number of nitrogens with zero attached hydrogens (tertiary/aromatic N) is 5. The number of hydrogen-bond donors (Lipinski definition) is 3. The van der Waals surface area contributed by atoms with E-state index in [0.29, 0.717) is 29.3 Å². The molecule has 1 saturated carbocycles. The average molecular weight is 560 g/mol. The normalized spacial score (nSPS) is 15.1. The molecule has 1 atom stereocenters. The Morgan fingerprint density at radius 2 is 1.90 bits per heavy atom. The molecule has 1 aliphatic rings. The van der Waals surface area contributed by atoms with E-state index in [4.69, 9.17) is 4.52 Å². The van der Waals surface area contributed by atoms with Crippen molar-refractivity contribution in [3.05, 3.63) is 65.7 Å². The minimum atomic E-state index is -4.47. The van der Waals surface area contributed by atoms with E-state index in [2.05, 4.69) is 30.9 Å². The summed E-state index contributed by atoms with van der Waals surface area (Å²) in [4.78, 5) is 20.9. The fourth-order valence-electron chi connectivity index (χ4n) is 4.25. The Morgan fingerprint density at radius 1 is 1.18 bits per heavy atom. The highest BCUT2D eigenvalue weighted by atomic mass is 19.4. The van der Waals surface area contributed by atoms with Crippen LogP contribution in [0.15, 0.2) is 47.4 Å². The van der Waals surface area contributed by atoms with E-state index in [9.17, 15) is 27.5 Å². The van der Waals surface area contributed by atoms with Gasteiger partial charge in [0.15, 0.2) is 11.6 Å². The lowest BCUT2D eigenvalue weighted by atomic mass is 10.0. The number of halogens is 4. The van der Waals surface area contributed by atoms with Gasteiger partial charge in [0.1, 0.15) is 11.2 Å². The second-order valence-electron chi connectivity index (χ2n) is 9.78. The number of hydrogen-bond acceptors (Lipinski definition) is 8. The van der Waals surface area contributed by atoms with Crippen molar-refractivity contribution in [2.75, 3.05) is 10.6 Å². The largest absolute Gasteiger partial charge is 0.401 e. The molecule has 0 unspecified atom stereocenters. The van der Waals surface area contributed by atoms with Gasteiger partial charge in [0, 0.05) is 24.0 Å². The van der Waals surface area contributed by atoms with Crippen molar-refractivity contribution in [1.82, 2.24) is 24.9 Å². The predicted octanol–water partition coefficient (Wildman–Crippen LogP) is 4.68. The summed E-state index contributed by atoms with van der Waals surface area (Å²) >= 11 is 0. The standard InChI is InChI=1S/C26H25F4N7O3/c1-14(38)13-37-15(2)20(12-33-37)34-24-31-10-18(11-32-24)16-3-4-17(19(27)7-16)8-23(39)35-22-9-21(40-36-22)25(5-6-25)26(28,29)30/h3-4,7,9-12,14,38H,5-6,8,13H2,1-2H3,(H,31,32,34)(H,35,36,39)/t14-/m0/s1. The first kappa shape index (κ1) is 27.2. The predicted molar refractivity (Wildman–Crippen MR) is 135 cm³/mol. The lowest BCUT2D eigenvalue weighted by Crippen LogP contribution is -2.28. The number of aliphatic hydroxyl groups is 1. The SMILES string of the molecule is Cc1c(Nc2ncc(-c3ccc(CC(=O)Nc4cc(C5(C(F)(F)F)CC5)on4)c(F)c3)cn2)cnn1C[C@H](C)O. The van der Waals surface area contributed by atoms with Gasteiger partial charge in [0.25, 0.3) is 0 Å². The van der Waals surface area contributed by atoms with Gasteiger partial charge in [0.2, 0.25) is 11.9 Å². The maximum absolute atomic E-state index is 14.8. The van der Waals surface area contributed by atoms with E-state index in [1.54, 1.807) is 23.9 Å². The molecule has 1 aliphatic carbocycles. The molecule has 210 valence electrons. The van der Waals surface area contributed by atoms with Crippen molar-refractivity contribution in [3.8, 4) is 11.1 Å². The minimum Gasteiger partial charge on any atom is -0.391 e. The van der Waals surface area contributed by atoms with Crippen LogP contribution in [0.1, 0.15) is 36.8 Å². The number of amides is 1. The molecule has 3 heterocycles. The van der Waals surface area contributed by atoms with Crippen LogP contribution in [0.4, 0.5) is 35.0 Å². The molecule has 0 spiro atoms. The van der Waals surface area contributed by atoms with E-state index in [-0.39, 0.29) is 36.4 Å². The number of carbonyl (C=O) groups excluding carboxylic acids is 1. The van der Waals surface area contributed by atoms with E-state index in [1.807, 2.05) is 6.92 Å². The van der Waals surface area contributed by atoms with Crippen molar-refractivity contribution in [3.63, 3.8) is 0 Å². The third-order valence-electron chi connectivity index (χ3n) is 6.72. The molecule has 14 heteroatoms. The summed E-state index contributed by atoms with van der Waals surface area (Å²) in [6.45, 7) is 3.86. The zero-order valence-corrected chi connectivity index (χ0v) is 21.5. The third kappa shape index (κ3) is 5.52. The third-order valence-corrected chi connectivity index (χ3v) is 6.72. The van der Waals surface area contributed by atoms with Gasteiger partial charge in [-0.3, -0.25) is 9.48 Å². The molecule has 1 aromatic carbocycles. The topological polar surface area (TPSA) is 131 Å². The molecule has 10 nitrogen and oxygen atoms in total. The number of aromatic nitrogens is 5. The van der Waals surface area contributed by atoms with Crippen LogP contribution in [0.5, 0.6) is 0 Å². The lowest BCUT2D eigenvalue weighted by molar-refractivity contribution is -0.165. The van der Waals surface area contributed by atoms with E-state index in [0.717, 1.165) is 11.8 Å². The average Bonchev–Trinajstić information content (AvgIpc) is 3.50. The summed E-state index contributed by atoms with van der Waals surface area (Å²) in [5.74, 6) is -1.52. The van der Waals surface area contributed by atoms with Gasteiger partial charge in [-0.1, -0.05) is 17.3 Å². The van der Waals surface area contributed by atoms with E-state index < -0.39 is 29.4 Å². The Bertz CT molecular complexity index is 1530. The Kier molecular flexibility index (Phi) is 7.04. The number of nitrogens with one attached hydrogen (secondary N) is 2. The first-order chi connectivity index (χ1) is 18.9. The molecular weight excluding hydrogens is 534 g/mol. The number of alkyl halides is 3. The highest BCUT2D eigenvalue weighted by Crippen LogP contribution is 2.59. The quantitative estimate of drug-likeness (QED) is 0.252. The summed E-state index contributed by atoms with van der Waals surface area (Å²) in [5, 5.41) is 22.7. The van der Waals surface area contributed by atoms with Crippen LogP contribution < -0.4 is 10.6 Å². The van der Waals surface area contributed by atoms with Crippen LogP contribution in [0, 0.1) is 12.7 Å². The minimum absolute atomic E-state index is 0.0859. The van der Waals surface area contributed by atoms with Crippen molar-refractivity contribution in [2.24, 2.45) is 0 Å². The van der Waals surface area contributed by atoms with Gasteiger partial charge in [-0.25, -0.2) is 14.4 Å². The van der Waals surface area contributed by atoms with Crippen LogP contribution >= 0.6 is 0 Å². The molecular formula is C26H25F4N7O3. The summed E-state index contributed by atoms with van der Waals surface area (Å²) in [7, 11) is 0. The van der Waals surface area contributed by atoms with Gasteiger partial charge >= 0.3 is 6.18 Å². The molecule has 0 radical (unpaired) electrons. The van der Waals surface area contributed by atoms with Gasteiger partial charge in [-0.05, 0) is 43.9 Å². The van der Waals surface area contributed by atoms with Crippen molar-refractivity contribution in [1.29, 1.82) is 0 Å². The van der Waals surface area contributed by atoms with Crippen molar-refractivity contribution in [2.45, 2.75) is 57.3 Å². The zero-order valence-electron chi connectivity index (χ0n) is 21.5. The lowest BCUT2D eigenvalue weighted by Gasteiger charge is -2.14. The second kappa shape index (κ2) is 10.3. The molecule has 1 fully saturated rings. The van der Waals surface area contributed by atoms with E-state index in [1.165, 1.54) is 24.5 Å². The van der Waals surface area contributed by atoms with Crippen LogP contribution in [0.3, 0.4) is 0 Å². The Hall–Kier alpha value is -4.33. The highest BCUT2D eigenvalue weighted by molar-refractivity contribution is 5.91. The molecule has 3 aromatic heterocycles. The Morgan fingerprint density at radius 3 is 2.52 bits per heavy atom. The Balaban J connectivity index is 1.20. The summed E-state index contributed by atoms with van der Waals surface area (Å²) in [6.07, 6.45) is -0.944. The van der Waals surface area contributed by atoms with Gasteiger partial charge in [-0.2, -0.15) is 18.3 Å². The molecule has 1 amide bonds. The molecule has 0 bridgehead atoms. The zero-order chi connectivity index (χ0) is 28.7. The number of carbonyl (C=O) groups is 1. The van der Waals surface area contributed by atoms with Crippen LogP contribution in [0.2, 0.25) is 0 Å². The highest BCUT2D eigenvalue weighted by Gasteiger charge is 2.66. The number of aliphatic hydroxyl groups excluding tert-OH is 1. The maximum atomic E-state index is 14.8. The monoisotopic (exact) mass is 559 g/mol. The van der Waals surface area contributed by atoms with Crippen molar-refractivity contribution >= 4 is 23.4 Å². The first-order valence-corrected chi connectivity index (χ1v) is 12.4. The molecule has 5 rings (SSSR count). The van der Waals surface area contributed by atoms with Gasteiger partial charge in [0.05, 0.1) is 36.6 Å². The van der Waals surface area contributed by atoms with Crippen molar-refractivity contribution < 1.29 is 32.0 Å². The number of rotatable bonds is 9. The van der Waals surface area contributed by atoms with Crippen LogP contribution in [-0.2, 0) is 23.2 Å². The molecule has 3 N–H and O–H groups in total. The molecule has 40 heavy (non-hydrogen) atoms. The van der Waals surface area contributed by atoms with E-state index >= 15 is 0 Å². The first-order valence-electron chi connectivity index (χ1n) is 12.4. The van der Waals surface area contributed by atoms with Crippen LogP contribution in [-0.4, -0.2) is 48.2 Å². The summed E-state index contributed by atoms with van der Waals surface area (Å²) in [6, 6.07) is 5.34. The number of anilines is 3. The van der Waals surface area contributed by atoms with Gasteiger partial charge < -0.3 is 20.3 Å². The smallest absolute Gasteiger partial charge is 0.391 e. The summed E-state index contributed by atoms with van der Waals surface area (Å²) in [5.41, 5.74) is 0.531. The molecule has 4 aromatic rings. The summed E-state index contributed by atoms with van der Waals surface area (Å²) < 4.78 is 61.1. The number of benzene rings is 1. The van der Waals surface area contributed by atoms with Crippen LogP contribution in [0.25, 0.3) is 11.1 Å². The molecule has 0 saturated heterocycles. The fourth-order valence-corrected chi connectivity index (χ4v) is 4.25. The maximum Gasteiger partial charge on any atom is 0.401 e. The second-order valence-corrected chi connectivity index (χ2v) is 9.78. The molecule has 0 aliphatic heterocycles.